The minimum Gasteiger partial charge on any atom is -1.00 e. The van der Waals surface area contributed by atoms with Crippen LogP contribution in [0.3, 0.4) is 0 Å². The summed E-state index contributed by atoms with van der Waals surface area (Å²) in [5.41, 5.74) is 11.0. The first-order chi connectivity index (χ1) is 27.4. The van der Waals surface area contributed by atoms with Crippen molar-refractivity contribution in [1.82, 2.24) is 15.0 Å². The molecule has 0 saturated carbocycles. The second kappa shape index (κ2) is 25.4. The number of anilines is 1. The molecule has 3 aliphatic heterocycles. The molecule has 0 spiro atoms. The summed E-state index contributed by atoms with van der Waals surface area (Å²) in [5.74, 6) is 2.52. The van der Waals surface area contributed by atoms with Crippen molar-refractivity contribution >= 4 is 165 Å². The molecular weight excluding hydrogens is 1180 g/mol. The molecule has 9 rings (SSSR count). The first-order valence-corrected chi connectivity index (χ1v) is 24.4. The molecule has 6 heterocycles. The number of rotatable bonds is 2. The number of benzene rings is 3. The summed E-state index contributed by atoms with van der Waals surface area (Å²) in [7, 11) is 5.31. The average molecular weight is 1230 g/mol. The van der Waals surface area contributed by atoms with E-state index in [1.165, 1.54) is 38.9 Å². The van der Waals surface area contributed by atoms with E-state index in [2.05, 4.69) is 147 Å². The van der Waals surface area contributed by atoms with Gasteiger partial charge in [0.1, 0.15) is 19.4 Å². The van der Waals surface area contributed by atoms with E-state index in [4.69, 9.17) is 23.3 Å². The van der Waals surface area contributed by atoms with Gasteiger partial charge in [0.15, 0.2) is 0 Å². The standard InChI is InChI=1S/C12H8INOS.C12H10INS.C9H6BrIN2.C5H10O2.C4H7BO.Na.H/c13-8-2-1-7-3-12-11(14-10(7)4-8)5-9(15)6-16-12;13-9-4-3-8-6-12-10(2-1-5-15-12)14-11(8)7-9;10-7-3-5-1-2-6(11)4-8(5)13-9(7)12;1-3-5(6)7-4-2;5-4-2-1-3-6-4;;/h1-4H,5-6H2;3-4,6-7H,1-2,5H2;1-4H,(H2,12,13);3-4H2,1-2H3;4H,1-3H2;;/q;;;;;+1;-1. The molecular formula is C42H42BBrI3N4NaO4S2. The summed E-state index contributed by atoms with van der Waals surface area (Å²) >= 11 is 13.8. The Labute approximate surface area is 423 Å². The number of nitrogens with zero attached hydrogens (tertiary/aromatic N) is 3. The van der Waals surface area contributed by atoms with Gasteiger partial charge < -0.3 is 16.6 Å². The molecule has 8 nitrogen and oxygen atoms in total. The molecule has 0 amide bonds. The largest absolute Gasteiger partial charge is 1.00 e. The number of pyridine rings is 3. The molecule has 0 aliphatic carbocycles. The number of carbonyl (C=O) groups is 2. The molecule has 2 radical (unpaired) electrons. The van der Waals surface area contributed by atoms with E-state index < -0.39 is 0 Å². The predicted octanol–water partition coefficient (Wildman–Crippen LogP) is 8.49. The number of hydrogen-bond donors (Lipinski definition) is 1. The molecule has 16 heteroatoms. The number of halogens is 4. The number of esters is 1. The Balaban J connectivity index is 0.000000204. The third-order valence-corrected chi connectivity index (χ3v) is 13.5. The summed E-state index contributed by atoms with van der Waals surface area (Å²) in [4.78, 5) is 37.7. The first kappa shape index (κ1) is 49.9. The van der Waals surface area contributed by atoms with Gasteiger partial charge in [-0.1, -0.05) is 25.1 Å². The Morgan fingerprint density at radius 1 is 0.862 bits per heavy atom. The summed E-state index contributed by atoms with van der Waals surface area (Å²) in [6.45, 7) is 4.93. The maximum absolute atomic E-state index is 11.4. The molecule has 1 fully saturated rings. The number of aryl methyl sites for hydroxylation is 1. The fourth-order valence-electron chi connectivity index (χ4n) is 5.69. The van der Waals surface area contributed by atoms with Crippen molar-refractivity contribution < 1.29 is 50.0 Å². The topological polar surface area (TPSA) is 117 Å². The molecule has 1 atom stereocenters. The Hall–Kier alpha value is -0.775. The molecule has 1 unspecified atom stereocenters. The summed E-state index contributed by atoms with van der Waals surface area (Å²) in [6, 6.07) is 25.2. The number of aromatic nitrogens is 3. The number of carbonyl (C=O) groups excluding carboxylic acids is 2. The van der Waals surface area contributed by atoms with Gasteiger partial charge >= 0.3 is 35.5 Å². The van der Waals surface area contributed by atoms with Crippen LogP contribution in [0.25, 0.3) is 32.7 Å². The second-order valence-electron chi connectivity index (χ2n) is 12.9. The fraction of sp³-hybridized carbons (Fsp3) is 0.310. The Morgan fingerprint density at radius 3 is 1.91 bits per heavy atom. The van der Waals surface area contributed by atoms with Gasteiger partial charge in [0.25, 0.3) is 0 Å². The summed E-state index contributed by atoms with van der Waals surface area (Å²) in [6.07, 6.45) is 5.56. The van der Waals surface area contributed by atoms with Crippen LogP contribution in [0.1, 0.15) is 52.3 Å². The summed E-state index contributed by atoms with van der Waals surface area (Å²) < 4.78 is 13.9. The van der Waals surface area contributed by atoms with E-state index in [-0.39, 0.29) is 48.7 Å². The van der Waals surface area contributed by atoms with E-state index in [1.807, 2.05) is 36.0 Å². The van der Waals surface area contributed by atoms with Crippen LogP contribution >= 0.6 is 107 Å². The van der Waals surface area contributed by atoms with Gasteiger partial charge in [-0.05, 0) is 177 Å². The van der Waals surface area contributed by atoms with Crippen molar-refractivity contribution in [1.29, 1.82) is 0 Å². The number of nitrogen functional groups attached to an aromatic ring is 1. The molecule has 3 aromatic carbocycles. The predicted molar refractivity (Wildman–Crippen MR) is 267 cm³/mol. The third kappa shape index (κ3) is 15.5. The van der Waals surface area contributed by atoms with Crippen molar-refractivity contribution in [2.45, 2.75) is 68.2 Å². The molecule has 1 saturated heterocycles. The van der Waals surface area contributed by atoms with Crippen molar-refractivity contribution in [3.8, 4) is 0 Å². The second-order valence-corrected chi connectivity index (χ2v) is 19.6. The van der Waals surface area contributed by atoms with Crippen molar-refractivity contribution in [2.24, 2.45) is 0 Å². The minimum atomic E-state index is -0.123. The van der Waals surface area contributed by atoms with Gasteiger partial charge in [-0.2, -0.15) is 0 Å². The van der Waals surface area contributed by atoms with Crippen LogP contribution in [-0.4, -0.2) is 65.3 Å². The van der Waals surface area contributed by atoms with Crippen LogP contribution in [0.15, 0.2) is 87.1 Å². The zero-order valence-electron chi connectivity index (χ0n) is 33.5. The van der Waals surface area contributed by atoms with Crippen molar-refractivity contribution in [2.75, 3.05) is 30.5 Å². The molecule has 3 aliphatic rings. The van der Waals surface area contributed by atoms with Gasteiger partial charge in [0.2, 0.25) is 0 Å². The van der Waals surface area contributed by atoms with Gasteiger partial charge in [0, 0.05) is 55.7 Å². The minimum absolute atomic E-state index is 0. The van der Waals surface area contributed by atoms with E-state index in [9.17, 15) is 9.59 Å². The SMILES string of the molecule is CCOC(=O)CC.Ic1ccc2cc3c(nc2c1)CCCS3.Nc1nc2cc(I)ccc2cc1Br.O=C1CSc2cc3ccc(I)cc3nc2C1.[B]C1CCCO1.[H-].[Na+]. The normalized spacial score (nSPS) is 15.1. The number of nitrogens with two attached hydrogens (primary N) is 1. The van der Waals surface area contributed by atoms with Crippen LogP contribution in [0.2, 0.25) is 0 Å². The number of Topliss-reactive ketones (excluding diaryl/α,β-unsaturated/α-hetero) is 1. The Morgan fingerprint density at radius 2 is 1.41 bits per heavy atom. The quantitative estimate of drug-likeness (QED) is 0.103. The average Bonchev–Trinajstić information content (AvgIpc) is 3.68. The van der Waals surface area contributed by atoms with E-state index >= 15 is 0 Å². The van der Waals surface area contributed by atoms with Crippen LogP contribution < -0.4 is 35.3 Å². The van der Waals surface area contributed by atoms with Crippen LogP contribution in [-0.2, 0) is 31.9 Å². The van der Waals surface area contributed by atoms with Crippen LogP contribution in [0.5, 0.6) is 0 Å². The van der Waals surface area contributed by atoms with Crippen molar-refractivity contribution in [3.63, 3.8) is 0 Å². The molecule has 298 valence electrons. The van der Waals surface area contributed by atoms with Crippen molar-refractivity contribution in [3.05, 3.63) is 99.4 Å². The molecule has 6 aromatic rings. The molecule has 0 bridgehead atoms. The Bertz CT molecular complexity index is 2370. The maximum Gasteiger partial charge on any atom is 1.00 e. The number of thioether (sulfide) groups is 2. The van der Waals surface area contributed by atoms with Gasteiger partial charge in [0.05, 0.1) is 51.2 Å². The maximum atomic E-state index is 11.4. The first-order valence-electron chi connectivity index (χ1n) is 18.4. The van der Waals surface area contributed by atoms with Crippen LogP contribution in [0.4, 0.5) is 5.82 Å². The van der Waals surface area contributed by atoms with E-state index in [1.54, 1.807) is 25.6 Å². The third-order valence-electron chi connectivity index (χ3n) is 8.53. The zero-order chi connectivity index (χ0) is 40.9. The molecule has 3 aromatic heterocycles. The smallest absolute Gasteiger partial charge is 1.00 e. The van der Waals surface area contributed by atoms with Gasteiger partial charge in [-0.25, -0.2) is 4.98 Å². The Kier molecular flexibility index (Phi) is 21.8. The zero-order valence-corrected chi connectivity index (χ0v) is 44.2. The van der Waals surface area contributed by atoms with E-state index in [0.29, 0.717) is 31.0 Å². The summed E-state index contributed by atoms with van der Waals surface area (Å²) in [5, 5.41) is 3.52. The fourth-order valence-corrected chi connectivity index (χ4v) is 9.40. The molecule has 58 heavy (non-hydrogen) atoms. The number of ketones is 1. The number of fused-ring (bicyclic) bond motifs is 5. The molecule has 2 N–H and O–H groups in total. The number of ether oxygens (including phenoxy) is 2. The van der Waals surface area contributed by atoms with E-state index in [0.717, 1.165) is 68.3 Å². The van der Waals surface area contributed by atoms with Crippen LogP contribution in [0, 0.1) is 10.7 Å². The number of hydrogen-bond acceptors (Lipinski definition) is 10. The monoisotopic (exact) mass is 1220 g/mol. The van der Waals surface area contributed by atoms with Gasteiger partial charge in [-0.3, -0.25) is 19.6 Å². The van der Waals surface area contributed by atoms with Gasteiger partial charge in [-0.15, -0.1) is 23.5 Å².